The number of amides is 1. The normalized spacial score (nSPS) is 18.5. The summed E-state index contributed by atoms with van der Waals surface area (Å²) in [5, 5.41) is 11.8. The van der Waals surface area contributed by atoms with Crippen molar-refractivity contribution >= 4 is 56.1 Å². The maximum absolute atomic E-state index is 12.9. The van der Waals surface area contributed by atoms with Crippen LogP contribution in [0, 0.1) is 0 Å². The molecular formula is C18H14BrClN4OS. The Bertz CT molecular complexity index is 1060. The number of nitrogens with one attached hydrogen (secondary N) is 1. The van der Waals surface area contributed by atoms with E-state index in [4.69, 9.17) is 16.6 Å². The molecule has 2 aliphatic rings. The van der Waals surface area contributed by atoms with Crippen LogP contribution in [0.3, 0.4) is 0 Å². The van der Waals surface area contributed by atoms with Crippen molar-refractivity contribution in [3.8, 4) is 0 Å². The lowest BCUT2D eigenvalue weighted by Gasteiger charge is -2.34. The fourth-order valence-corrected chi connectivity index (χ4v) is 4.12. The lowest BCUT2D eigenvalue weighted by Crippen LogP contribution is -2.50. The van der Waals surface area contributed by atoms with Crippen molar-refractivity contribution < 1.29 is 4.79 Å². The van der Waals surface area contributed by atoms with Gasteiger partial charge in [0.15, 0.2) is 11.3 Å². The topological polar surface area (TPSA) is 57.1 Å². The van der Waals surface area contributed by atoms with Crippen LogP contribution in [0.1, 0.15) is 18.7 Å². The fourth-order valence-electron chi connectivity index (χ4n) is 2.94. The molecule has 132 valence electrons. The molecular weight excluding hydrogens is 436 g/mol. The van der Waals surface area contributed by atoms with Gasteiger partial charge in [-0.25, -0.2) is 5.01 Å². The summed E-state index contributed by atoms with van der Waals surface area (Å²) < 4.78 is 0.876. The van der Waals surface area contributed by atoms with Crippen molar-refractivity contribution in [2.45, 2.75) is 13.1 Å². The van der Waals surface area contributed by atoms with Gasteiger partial charge in [-0.3, -0.25) is 15.1 Å². The molecule has 26 heavy (non-hydrogen) atoms. The lowest BCUT2D eigenvalue weighted by atomic mass is 10.1. The highest BCUT2D eigenvalue weighted by Crippen LogP contribution is 2.34. The van der Waals surface area contributed by atoms with Crippen LogP contribution in [-0.4, -0.2) is 21.8 Å². The first-order chi connectivity index (χ1) is 12.6. The average molecular weight is 450 g/mol. The molecule has 0 saturated carbocycles. The van der Waals surface area contributed by atoms with Crippen molar-refractivity contribution in [2.24, 2.45) is 10.1 Å². The molecule has 1 N–H and O–H groups in total. The van der Waals surface area contributed by atoms with Gasteiger partial charge in [0, 0.05) is 20.3 Å². The summed E-state index contributed by atoms with van der Waals surface area (Å²) in [5.74, 6) is 0.612. The van der Waals surface area contributed by atoms with Crippen molar-refractivity contribution in [1.82, 2.24) is 10.3 Å². The SMILES string of the molecule is CCSC1=NN2C(=c3cc(Br)ccc3=NC2c2ccccc2Cl)C(=O)N1. The van der Waals surface area contributed by atoms with E-state index in [-0.39, 0.29) is 5.91 Å². The zero-order valence-corrected chi connectivity index (χ0v) is 16.9. The smallest absolute Gasteiger partial charge is 0.276 e. The van der Waals surface area contributed by atoms with Crippen LogP contribution in [0.25, 0.3) is 5.70 Å². The molecule has 8 heteroatoms. The molecule has 0 aromatic heterocycles. The molecule has 5 nitrogen and oxygen atoms in total. The predicted octanol–water partition coefficient (Wildman–Crippen LogP) is 3.00. The second kappa shape index (κ2) is 7.06. The second-order valence-corrected chi connectivity index (χ2v) is 8.25. The Morgan fingerprint density at radius 2 is 2.12 bits per heavy atom. The highest BCUT2D eigenvalue weighted by molar-refractivity contribution is 9.10. The molecule has 1 unspecified atom stereocenters. The number of amidine groups is 1. The maximum atomic E-state index is 12.9. The molecule has 1 amide bonds. The molecule has 2 aliphatic heterocycles. The van der Waals surface area contributed by atoms with Crippen LogP contribution in [0.15, 0.2) is 57.0 Å². The zero-order valence-electron chi connectivity index (χ0n) is 13.7. The fraction of sp³-hybridized carbons (Fsp3) is 0.167. The van der Waals surface area contributed by atoms with E-state index in [2.05, 4.69) is 26.3 Å². The van der Waals surface area contributed by atoms with E-state index >= 15 is 0 Å². The molecule has 0 bridgehead atoms. The molecule has 2 aromatic rings. The number of hydrogen-bond donors (Lipinski definition) is 1. The molecule has 2 heterocycles. The third-order valence-electron chi connectivity index (χ3n) is 4.03. The van der Waals surface area contributed by atoms with Crippen molar-refractivity contribution in [2.75, 3.05) is 5.75 Å². The molecule has 0 fully saturated rings. The van der Waals surface area contributed by atoms with Crippen LogP contribution < -0.4 is 15.9 Å². The first-order valence-electron chi connectivity index (χ1n) is 8.02. The largest absolute Gasteiger partial charge is 0.298 e. The molecule has 0 saturated heterocycles. The summed E-state index contributed by atoms with van der Waals surface area (Å²) in [6, 6.07) is 13.2. The second-order valence-electron chi connectivity index (χ2n) is 5.67. The Morgan fingerprint density at radius 3 is 2.88 bits per heavy atom. The third kappa shape index (κ3) is 3.04. The number of hydrazone groups is 1. The van der Waals surface area contributed by atoms with Gasteiger partial charge in [0.1, 0.15) is 5.70 Å². The summed E-state index contributed by atoms with van der Waals surface area (Å²) in [6.07, 6.45) is -0.495. The summed E-state index contributed by atoms with van der Waals surface area (Å²) in [4.78, 5) is 17.7. The first kappa shape index (κ1) is 17.6. The van der Waals surface area contributed by atoms with E-state index in [9.17, 15) is 4.79 Å². The quantitative estimate of drug-likeness (QED) is 0.767. The van der Waals surface area contributed by atoms with Crippen LogP contribution in [-0.2, 0) is 4.79 Å². The van der Waals surface area contributed by atoms with Gasteiger partial charge in [-0.2, -0.15) is 0 Å². The van der Waals surface area contributed by atoms with E-state index in [1.165, 1.54) is 11.8 Å². The van der Waals surface area contributed by atoms with Gasteiger partial charge in [-0.15, -0.1) is 5.10 Å². The van der Waals surface area contributed by atoms with Crippen LogP contribution in [0.2, 0.25) is 5.02 Å². The minimum absolute atomic E-state index is 0.192. The maximum Gasteiger partial charge on any atom is 0.276 e. The van der Waals surface area contributed by atoms with Gasteiger partial charge < -0.3 is 0 Å². The van der Waals surface area contributed by atoms with Crippen LogP contribution in [0.4, 0.5) is 0 Å². The van der Waals surface area contributed by atoms with Crippen LogP contribution in [0.5, 0.6) is 0 Å². The van der Waals surface area contributed by atoms with E-state index in [1.54, 1.807) is 5.01 Å². The van der Waals surface area contributed by atoms with Gasteiger partial charge in [-0.05, 0) is 30.0 Å². The monoisotopic (exact) mass is 448 g/mol. The zero-order chi connectivity index (χ0) is 18.3. The average Bonchev–Trinajstić information content (AvgIpc) is 2.62. The summed E-state index contributed by atoms with van der Waals surface area (Å²) in [7, 11) is 0. The molecule has 0 aliphatic carbocycles. The lowest BCUT2D eigenvalue weighted by molar-refractivity contribution is -0.116. The van der Waals surface area contributed by atoms with Gasteiger partial charge in [-0.1, -0.05) is 64.4 Å². The molecule has 0 radical (unpaired) electrons. The minimum Gasteiger partial charge on any atom is -0.298 e. The summed E-state index contributed by atoms with van der Waals surface area (Å²) in [6.45, 7) is 2.01. The van der Waals surface area contributed by atoms with E-state index in [0.717, 1.165) is 26.4 Å². The standard InChI is InChI=1S/C18H14BrClN4OS/c1-2-26-18-22-17(25)15-12-9-10(19)7-8-14(12)21-16(24(15)23-18)11-5-3-4-6-13(11)20/h3-9,16H,2H2,1H3,(H,22,23,25). The summed E-state index contributed by atoms with van der Waals surface area (Å²) >= 11 is 11.4. The number of halogens is 2. The van der Waals surface area contributed by atoms with E-state index in [1.807, 2.05) is 49.4 Å². The number of nitrogens with zero attached hydrogens (tertiary/aromatic N) is 3. The van der Waals surface area contributed by atoms with Crippen molar-refractivity contribution in [1.29, 1.82) is 0 Å². The Kier molecular flexibility index (Phi) is 4.77. The molecule has 4 rings (SSSR count). The van der Waals surface area contributed by atoms with Gasteiger partial charge >= 0.3 is 0 Å². The number of rotatable bonds is 2. The number of thioether (sulfide) groups is 1. The number of carbonyl (C=O) groups is 1. The van der Waals surface area contributed by atoms with Crippen molar-refractivity contribution in [3.63, 3.8) is 0 Å². The Balaban J connectivity index is 2.00. The molecule has 2 aromatic carbocycles. The van der Waals surface area contributed by atoms with E-state index in [0.29, 0.717) is 15.9 Å². The van der Waals surface area contributed by atoms with Crippen molar-refractivity contribution in [3.05, 3.63) is 68.1 Å². The van der Waals surface area contributed by atoms with Gasteiger partial charge in [0.25, 0.3) is 5.91 Å². The summed E-state index contributed by atoms with van der Waals surface area (Å²) in [5.41, 5.74) is 1.28. The third-order valence-corrected chi connectivity index (χ3v) is 5.62. The van der Waals surface area contributed by atoms with Gasteiger partial charge in [0.05, 0.1) is 5.36 Å². The number of hydrogen-bond acceptors (Lipinski definition) is 5. The molecule has 1 atom stereocenters. The van der Waals surface area contributed by atoms with Gasteiger partial charge in [0.2, 0.25) is 0 Å². The number of carbonyl (C=O) groups excluding carboxylic acids is 1. The predicted molar refractivity (Wildman–Crippen MR) is 108 cm³/mol. The highest BCUT2D eigenvalue weighted by atomic mass is 79.9. The minimum atomic E-state index is -0.495. The first-order valence-corrected chi connectivity index (χ1v) is 10.2. The Labute approximate surface area is 168 Å². The Morgan fingerprint density at radius 1 is 1.31 bits per heavy atom. The Hall–Kier alpha value is -1.83. The highest BCUT2D eigenvalue weighted by Gasteiger charge is 2.35. The van der Waals surface area contributed by atoms with Crippen LogP contribution >= 0.6 is 39.3 Å². The molecule has 0 spiro atoms. The number of fused-ring (bicyclic) bond motifs is 2. The van der Waals surface area contributed by atoms with E-state index < -0.39 is 6.17 Å². The number of benzene rings is 2.